The van der Waals surface area contributed by atoms with E-state index in [0.29, 0.717) is 0 Å². The average Bonchev–Trinajstić information content (AvgIpc) is 2.90. The van der Waals surface area contributed by atoms with E-state index in [1.54, 1.807) is 0 Å². The van der Waals surface area contributed by atoms with Gasteiger partial charge in [-0.05, 0) is 31.4 Å². The first-order chi connectivity index (χ1) is 10.1. The van der Waals surface area contributed by atoms with Crippen molar-refractivity contribution in [3.05, 3.63) is 35.4 Å². The Morgan fingerprint density at radius 1 is 1.19 bits per heavy atom. The largest absolute Gasteiger partial charge is 0.354 e. The molecule has 1 N–H and O–H groups in total. The third kappa shape index (κ3) is 3.05. The van der Waals surface area contributed by atoms with E-state index in [2.05, 4.69) is 65.3 Å². The zero-order chi connectivity index (χ0) is 14.9. The van der Waals surface area contributed by atoms with E-state index in [9.17, 15) is 0 Å². The van der Waals surface area contributed by atoms with E-state index in [4.69, 9.17) is 0 Å². The van der Waals surface area contributed by atoms with Crippen molar-refractivity contribution in [1.29, 1.82) is 0 Å². The van der Waals surface area contributed by atoms with Crippen LogP contribution in [0.15, 0.2) is 29.3 Å². The number of benzene rings is 1. The summed E-state index contributed by atoms with van der Waals surface area (Å²) in [6.07, 6.45) is 1.15. The Balaban J connectivity index is 1.63. The summed E-state index contributed by atoms with van der Waals surface area (Å²) in [6.45, 7) is 9.70. The van der Waals surface area contributed by atoms with Gasteiger partial charge in [0.15, 0.2) is 5.96 Å². The molecule has 2 aliphatic heterocycles. The molecule has 0 aromatic heterocycles. The minimum atomic E-state index is 0.124. The van der Waals surface area contributed by atoms with E-state index in [1.807, 2.05) is 0 Å². The highest BCUT2D eigenvalue weighted by atomic mass is 15.3. The molecule has 3 rings (SSSR count). The molecule has 114 valence electrons. The Morgan fingerprint density at radius 2 is 1.95 bits per heavy atom. The Bertz CT molecular complexity index is 535. The van der Waals surface area contributed by atoms with Crippen molar-refractivity contribution >= 4 is 5.96 Å². The maximum atomic E-state index is 4.51. The molecule has 4 nitrogen and oxygen atoms in total. The van der Waals surface area contributed by atoms with E-state index in [-0.39, 0.29) is 5.54 Å². The summed E-state index contributed by atoms with van der Waals surface area (Å²) in [6, 6.07) is 8.82. The molecule has 0 saturated carbocycles. The average molecular weight is 286 g/mol. The van der Waals surface area contributed by atoms with Gasteiger partial charge in [-0.2, -0.15) is 0 Å². The van der Waals surface area contributed by atoms with Gasteiger partial charge in [-0.25, -0.2) is 0 Å². The highest BCUT2D eigenvalue weighted by molar-refractivity contribution is 5.81. The third-order valence-electron chi connectivity index (χ3n) is 4.72. The van der Waals surface area contributed by atoms with Crippen LogP contribution in [0.1, 0.15) is 25.0 Å². The lowest BCUT2D eigenvalue weighted by Crippen LogP contribution is -2.54. The summed E-state index contributed by atoms with van der Waals surface area (Å²) in [5.74, 6) is 1.04. The lowest BCUT2D eigenvalue weighted by molar-refractivity contribution is 0.107. The molecular weight excluding hydrogens is 260 g/mol. The lowest BCUT2D eigenvalue weighted by Gasteiger charge is -2.42. The number of fused-ring (bicyclic) bond motifs is 1. The summed E-state index contributed by atoms with van der Waals surface area (Å²) >= 11 is 0. The molecule has 0 amide bonds. The fraction of sp³-hybridized carbons (Fsp3) is 0.588. The van der Waals surface area contributed by atoms with Crippen LogP contribution in [0, 0.1) is 0 Å². The molecule has 0 radical (unpaired) electrons. The van der Waals surface area contributed by atoms with Gasteiger partial charge in [-0.3, -0.25) is 9.89 Å². The molecule has 0 unspecified atom stereocenters. The molecule has 0 fully saturated rings. The number of aliphatic imine (C=N–C) groups is 1. The molecule has 21 heavy (non-hydrogen) atoms. The zero-order valence-corrected chi connectivity index (χ0v) is 13.4. The SMILES string of the molecule is CN1CCN=C1NCC(C)(C)N1CCc2ccccc2C1. The van der Waals surface area contributed by atoms with Gasteiger partial charge in [0, 0.05) is 38.8 Å². The van der Waals surface area contributed by atoms with Crippen LogP contribution >= 0.6 is 0 Å². The normalized spacial score (nSPS) is 19.4. The number of rotatable bonds is 3. The number of nitrogens with one attached hydrogen (secondary N) is 1. The van der Waals surface area contributed by atoms with Crippen LogP contribution in [0.5, 0.6) is 0 Å². The first-order valence-electron chi connectivity index (χ1n) is 7.87. The van der Waals surface area contributed by atoms with E-state index in [1.165, 1.54) is 11.1 Å². The predicted molar refractivity (Wildman–Crippen MR) is 87.6 cm³/mol. The maximum absolute atomic E-state index is 4.51. The van der Waals surface area contributed by atoms with Crippen LogP contribution in [0.2, 0.25) is 0 Å². The number of nitrogens with zero attached hydrogens (tertiary/aromatic N) is 3. The molecule has 0 aliphatic carbocycles. The van der Waals surface area contributed by atoms with Gasteiger partial charge >= 0.3 is 0 Å². The van der Waals surface area contributed by atoms with E-state index >= 15 is 0 Å². The van der Waals surface area contributed by atoms with Gasteiger partial charge in [0.05, 0.1) is 6.54 Å². The second kappa shape index (κ2) is 5.68. The molecule has 0 atom stereocenters. The molecule has 4 heteroatoms. The number of guanidine groups is 1. The van der Waals surface area contributed by atoms with Crippen molar-refractivity contribution in [3.8, 4) is 0 Å². The number of hydrogen-bond donors (Lipinski definition) is 1. The van der Waals surface area contributed by atoms with E-state index < -0.39 is 0 Å². The zero-order valence-electron chi connectivity index (χ0n) is 13.4. The minimum absolute atomic E-state index is 0.124. The van der Waals surface area contributed by atoms with Gasteiger partial charge in [0.25, 0.3) is 0 Å². The Kier molecular flexibility index (Phi) is 3.89. The van der Waals surface area contributed by atoms with Gasteiger partial charge in [0.2, 0.25) is 0 Å². The summed E-state index contributed by atoms with van der Waals surface area (Å²) in [4.78, 5) is 9.29. The first-order valence-corrected chi connectivity index (χ1v) is 7.87. The topological polar surface area (TPSA) is 30.9 Å². The summed E-state index contributed by atoms with van der Waals surface area (Å²) in [7, 11) is 2.10. The lowest BCUT2D eigenvalue weighted by atomic mass is 9.94. The van der Waals surface area contributed by atoms with Crippen molar-refractivity contribution in [2.24, 2.45) is 4.99 Å². The second-order valence-electron chi connectivity index (χ2n) is 6.73. The summed E-state index contributed by atoms with van der Waals surface area (Å²) < 4.78 is 0. The maximum Gasteiger partial charge on any atom is 0.193 e. The number of likely N-dealkylation sites (N-methyl/N-ethyl adjacent to an activating group) is 1. The van der Waals surface area contributed by atoms with Gasteiger partial charge in [0.1, 0.15) is 0 Å². The standard InChI is InChI=1S/C17H26N4/c1-17(2,13-19-16-18-9-11-20(16)3)21-10-8-14-6-4-5-7-15(14)12-21/h4-7H,8-13H2,1-3H3,(H,18,19). The molecule has 1 aromatic rings. The highest BCUT2D eigenvalue weighted by Crippen LogP contribution is 2.24. The smallest absolute Gasteiger partial charge is 0.193 e. The van der Waals surface area contributed by atoms with Gasteiger partial charge in [-0.1, -0.05) is 24.3 Å². The van der Waals surface area contributed by atoms with Crippen molar-refractivity contribution in [3.63, 3.8) is 0 Å². The van der Waals surface area contributed by atoms with Crippen LogP contribution in [-0.2, 0) is 13.0 Å². The molecule has 2 aliphatic rings. The third-order valence-corrected chi connectivity index (χ3v) is 4.72. The van der Waals surface area contributed by atoms with Crippen LogP contribution in [0.3, 0.4) is 0 Å². The van der Waals surface area contributed by atoms with Crippen LogP contribution in [0.25, 0.3) is 0 Å². The molecular formula is C17H26N4. The van der Waals surface area contributed by atoms with Crippen molar-refractivity contribution in [2.45, 2.75) is 32.4 Å². The second-order valence-corrected chi connectivity index (χ2v) is 6.73. The fourth-order valence-corrected chi connectivity index (χ4v) is 3.14. The summed E-state index contributed by atoms with van der Waals surface area (Å²) in [5, 5.41) is 3.53. The monoisotopic (exact) mass is 286 g/mol. The predicted octanol–water partition coefficient (Wildman–Crippen LogP) is 1.71. The van der Waals surface area contributed by atoms with Crippen molar-refractivity contribution in [1.82, 2.24) is 15.1 Å². The Hall–Kier alpha value is -1.55. The van der Waals surface area contributed by atoms with Crippen molar-refractivity contribution < 1.29 is 0 Å². The van der Waals surface area contributed by atoms with Gasteiger partial charge in [-0.15, -0.1) is 0 Å². The quantitative estimate of drug-likeness (QED) is 0.918. The molecule has 1 aromatic carbocycles. The Morgan fingerprint density at radius 3 is 2.67 bits per heavy atom. The molecule has 0 saturated heterocycles. The number of hydrogen-bond acceptors (Lipinski definition) is 4. The highest BCUT2D eigenvalue weighted by Gasteiger charge is 2.30. The van der Waals surface area contributed by atoms with E-state index in [0.717, 1.165) is 45.1 Å². The molecule has 0 spiro atoms. The molecule has 2 heterocycles. The summed E-state index contributed by atoms with van der Waals surface area (Å²) in [5.41, 5.74) is 3.11. The van der Waals surface area contributed by atoms with Crippen molar-refractivity contribution in [2.75, 3.05) is 33.2 Å². The van der Waals surface area contributed by atoms with Crippen LogP contribution in [-0.4, -0.2) is 54.5 Å². The van der Waals surface area contributed by atoms with Gasteiger partial charge < -0.3 is 10.2 Å². The first kappa shape index (κ1) is 14.4. The minimum Gasteiger partial charge on any atom is -0.354 e. The molecule has 0 bridgehead atoms. The van der Waals surface area contributed by atoms with Crippen LogP contribution in [0.4, 0.5) is 0 Å². The Labute approximate surface area is 127 Å². The fourth-order valence-electron chi connectivity index (χ4n) is 3.14. The van der Waals surface area contributed by atoms with Crippen LogP contribution < -0.4 is 5.32 Å².